The fourth-order valence-corrected chi connectivity index (χ4v) is 1.61. The van der Waals surface area contributed by atoms with Gasteiger partial charge in [0.1, 0.15) is 0 Å². The van der Waals surface area contributed by atoms with Crippen LogP contribution in [0.2, 0.25) is 0 Å². The van der Waals surface area contributed by atoms with E-state index in [1.54, 1.807) is 0 Å². The van der Waals surface area contributed by atoms with Crippen molar-refractivity contribution in [2.24, 2.45) is 5.41 Å². The van der Waals surface area contributed by atoms with Crippen LogP contribution in [0.5, 0.6) is 0 Å². The number of hydrogen-bond acceptors (Lipinski definition) is 2. The van der Waals surface area contributed by atoms with Crippen molar-refractivity contribution in [2.75, 3.05) is 12.4 Å². The van der Waals surface area contributed by atoms with Crippen molar-refractivity contribution in [3.8, 4) is 0 Å². The highest BCUT2D eigenvalue weighted by atomic mass is 32.1. The molecule has 12 heavy (non-hydrogen) atoms. The predicted molar refractivity (Wildman–Crippen MR) is 58.0 cm³/mol. The van der Waals surface area contributed by atoms with Crippen LogP contribution in [0.25, 0.3) is 0 Å². The molecule has 0 bridgehead atoms. The van der Waals surface area contributed by atoms with Gasteiger partial charge in [-0.15, -0.1) is 0 Å². The molecular formula is C10H22OS. The number of rotatable bonds is 6. The Morgan fingerprint density at radius 3 is 2.00 bits per heavy atom. The Labute approximate surface area is 82.3 Å². The van der Waals surface area contributed by atoms with Crippen LogP contribution in [0.4, 0.5) is 0 Å². The monoisotopic (exact) mass is 190 g/mol. The molecule has 0 aliphatic carbocycles. The maximum Gasteiger partial charge on any atom is 0.0533 e. The van der Waals surface area contributed by atoms with E-state index in [4.69, 9.17) is 4.74 Å². The lowest BCUT2D eigenvalue weighted by Gasteiger charge is -2.30. The minimum Gasteiger partial charge on any atom is -0.378 e. The molecule has 0 aromatic rings. The Morgan fingerprint density at radius 2 is 1.75 bits per heavy atom. The summed E-state index contributed by atoms with van der Waals surface area (Å²) in [7, 11) is 0. The van der Waals surface area contributed by atoms with Crippen molar-refractivity contribution in [1.82, 2.24) is 0 Å². The summed E-state index contributed by atoms with van der Waals surface area (Å²) in [5.74, 6) is 0.923. The van der Waals surface area contributed by atoms with Gasteiger partial charge in [-0.05, 0) is 32.4 Å². The van der Waals surface area contributed by atoms with E-state index in [0.717, 1.165) is 25.2 Å². The molecule has 0 aliphatic heterocycles. The SMILES string of the molecule is CCC(CC)(CS)COC(C)C. The molecule has 0 radical (unpaired) electrons. The van der Waals surface area contributed by atoms with Crippen LogP contribution < -0.4 is 0 Å². The van der Waals surface area contributed by atoms with Crippen LogP contribution >= 0.6 is 12.6 Å². The van der Waals surface area contributed by atoms with Gasteiger partial charge in [-0.2, -0.15) is 12.6 Å². The molecule has 0 atom stereocenters. The third kappa shape index (κ3) is 3.81. The van der Waals surface area contributed by atoms with E-state index in [0.29, 0.717) is 11.5 Å². The molecular weight excluding hydrogens is 168 g/mol. The maximum absolute atomic E-state index is 5.63. The normalized spacial score (nSPS) is 12.5. The van der Waals surface area contributed by atoms with Crippen molar-refractivity contribution >= 4 is 12.6 Å². The van der Waals surface area contributed by atoms with Crippen LogP contribution in [0.15, 0.2) is 0 Å². The van der Waals surface area contributed by atoms with Gasteiger partial charge in [-0.25, -0.2) is 0 Å². The summed E-state index contributed by atoms with van der Waals surface area (Å²) < 4.78 is 5.63. The van der Waals surface area contributed by atoms with Crippen molar-refractivity contribution in [3.63, 3.8) is 0 Å². The summed E-state index contributed by atoms with van der Waals surface area (Å²) in [5.41, 5.74) is 0.299. The molecule has 0 heterocycles. The fraction of sp³-hybridized carbons (Fsp3) is 1.00. The van der Waals surface area contributed by atoms with E-state index in [2.05, 4.69) is 40.3 Å². The standard InChI is InChI=1S/C10H22OS/c1-5-10(6-2,8-12)7-11-9(3)4/h9,12H,5-8H2,1-4H3. The minimum absolute atomic E-state index is 0.299. The molecule has 0 unspecified atom stereocenters. The Balaban J connectivity index is 3.93. The highest BCUT2D eigenvalue weighted by Gasteiger charge is 2.24. The van der Waals surface area contributed by atoms with E-state index in [9.17, 15) is 0 Å². The highest BCUT2D eigenvalue weighted by molar-refractivity contribution is 7.80. The third-order valence-electron chi connectivity index (χ3n) is 2.56. The van der Waals surface area contributed by atoms with Crippen LogP contribution in [-0.4, -0.2) is 18.5 Å². The lowest BCUT2D eigenvalue weighted by atomic mass is 9.85. The molecule has 2 heteroatoms. The lowest BCUT2D eigenvalue weighted by molar-refractivity contribution is 0.0131. The topological polar surface area (TPSA) is 9.23 Å². The van der Waals surface area contributed by atoms with Crippen LogP contribution in [-0.2, 0) is 4.74 Å². The second-order valence-electron chi connectivity index (χ2n) is 3.72. The maximum atomic E-state index is 5.63. The van der Waals surface area contributed by atoms with Crippen LogP contribution in [0.1, 0.15) is 40.5 Å². The van der Waals surface area contributed by atoms with Crippen molar-refractivity contribution < 1.29 is 4.74 Å². The first-order valence-corrected chi connectivity index (χ1v) is 5.46. The van der Waals surface area contributed by atoms with E-state index in [1.807, 2.05) is 0 Å². The molecule has 74 valence electrons. The smallest absolute Gasteiger partial charge is 0.0533 e. The molecule has 0 aromatic carbocycles. The fourth-order valence-electron chi connectivity index (χ4n) is 1.07. The molecule has 0 aromatic heterocycles. The summed E-state index contributed by atoms with van der Waals surface area (Å²) in [6.07, 6.45) is 2.64. The van der Waals surface area contributed by atoms with Gasteiger partial charge >= 0.3 is 0 Å². The number of thiol groups is 1. The van der Waals surface area contributed by atoms with E-state index < -0.39 is 0 Å². The average Bonchev–Trinajstić information content (AvgIpc) is 2.08. The molecule has 0 saturated heterocycles. The largest absolute Gasteiger partial charge is 0.378 e. The second-order valence-corrected chi connectivity index (χ2v) is 4.04. The Morgan fingerprint density at radius 1 is 1.25 bits per heavy atom. The summed E-state index contributed by atoms with van der Waals surface area (Å²) in [6, 6.07) is 0. The Bertz CT molecular complexity index is 100. The van der Waals surface area contributed by atoms with Gasteiger partial charge in [-0.3, -0.25) is 0 Å². The first kappa shape index (κ1) is 12.3. The molecule has 0 N–H and O–H groups in total. The average molecular weight is 190 g/mol. The number of hydrogen-bond donors (Lipinski definition) is 1. The van der Waals surface area contributed by atoms with Crippen molar-refractivity contribution in [3.05, 3.63) is 0 Å². The molecule has 0 spiro atoms. The van der Waals surface area contributed by atoms with Gasteiger partial charge in [0.25, 0.3) is 0 Å². The van der Waals surface area contributed by atoms with Gasteiger partial charge in [0.05, 0.1) is 12.7 Å². The van der Waals surface area contributed by atoms with Crippen LogP contribution in [0.3, 0.4) is 0 Å². The lowest BCUT2D eigenvalue weighted by Crippen LogP contribution is -2.29. The van der Waals surface area contributed by atoms with Crippen molar-refractivity contribution in [1.29, 1.82) is 0 Å². The predicted octanol–water partition coefficient (Wildman–Crippen LogP) is 3.15. The molecule has 0 aliphatic rings. The Hall–Kier alpha value is 0.310. The summed E-state index contributed by atoms with van der Waals surface area (Å²) in [4.78, 5) is 0. The zero-order valence-electron chi connectivity index (χ0n) is 8.76. The van der Waals surface area contributed by atoms with E-state index in [1.165, 1.54) is 0 Å². The van der Waals surface area contributed by atoms with E-state index >= 15 is 0 Å². The molecule has 0 amide bonds. The summed E-state index contributed by atoms with van der Waals surface area (Å²) >= 11 is 4.38. The second kappa shape index (κ2) is 5.87. The summed E-state index contributed by atoms with van der Waals surface area (Å²) in [6.45, 7) is 9.43. The van der Waals surface area contributed by atoms with Crippen molar-refractivity contribution in [2.45, 2.75) is 46.6 Å². The molecule has 0 fully saturated rings. The van der Waals surface area contributed by atoms with Gasteiger partial charge in [0.2, 0.25) is 0 Å². The zero-order valence-corrected chi connectivity index (χ0v) is 9.66. The van der Waals surface area contributed by atoms with Gasteiger partial charge < -0.3 is 4.74 Å². The summed E-state index contributed by atoms with van der Waals surface area (Å²) in [5, 5.41) is 0. The van der Waals surface area contributed by atoms with Gasteiger partial charge in [0.15, 0.2) is 0 Å². The Kier molecular flexibility index (Phi) is 6.02. The minimum atomic E-state index is 0.299. The molecule has 0 saturated carbocycles. The quantitative estimate of drug-likeness (QED) is 0.633. The highest BCUT2D eigenvalue weighted by Crippen LogP contribution is 2.28. The third-order valence-corrected chi connectivity index (χ3v) is 3.23. The zero-order chi connectivity index (χ0) is 9.61. The van der Waals surface area contributed by atoms with Crippen LogP contribution in [0, 0.1) is 5.41 Å². The first-order valence-electron chi connectivity index (χ1n) is 4.82. The number of ether oxygens (including phenoxy) is 1. The van der Waals surface area contributed by atoms with Gasteiger partial charge in [-0.1, -0.05) is 13.8 Å². The molecule has 0 rings (SSSR count). The first-order chi connectivity index (χ1) is 5.60. The van der Waals surface area contributed by atoms with Gasteiger partial charge in [0, 0.05) is 5.41 Å². The molecule has 1 nitrogen and oxygen atoms in total. The van der Waals surface area contributed by atoms with E-state index in [-0.39, 0.29) is 0 Å².